The molecular formula is C14H18N4. The van der Waals surface area contributed by atoms with Crippen LogP contribution >= 0.6 is 0 Å². The number of hydrogen-bond donors (Lipinski definition) is 1. The molecular weight excluding hydrogens is 224 g/mol. The SMILES string of the molecule is Cc1ccccc1-c1nnc(CNC2CC2)n1C. The van der Waals surface area contributed by atoms with Crippen molar-refractivity contribution >= 4 is 0 Å². The molecule has 4 nitrogen and oxygen atoms in total. The average Bonchev–Trinajstić information content (AvgIpc) is 3.13. The number of nitrogens with zero attached hydrogens (tertiary/aromatic N) is 3. The van der Waals surface area contributed by atoms with Gasteiger partial charge in [-0.05, 0) is 25.3 Å². The van der Waals surface area contributed by atoms with Gasteiger partial charge in [-0.15, -0.1) is 10.2 Å². The lowest BCUT2D eigenvalue weighted by molar-refractivity contribution is 0.634. The third kappa shape index (κ3) is 2.16. The Labute approximate surface area is 107 Å². The van der Waals surface area contributed by atoms with Crippen LogP contribution in [0, 0.1) is 6.92 Å². The number of aromatic nitrogens is 3. The number of benzene rings is 1. The predicted octanol–water partition coefficient (Wildman–Crippen LogP) is 2.04. The Morgan fingerprint density at radius 2 is 2.06 bits per heavy atom. The highest BCUT2D eigenvalue weighted by atomic mass is 15.3. The molecule has 0 aliphatic heterocycles. The predicted molar refractivity (Wildman–Crippen MR) is 71.0 cm³/mol. The molecule has 3 rings (SSSR count). The van der Waals surface area contributed by atoms with Crippen molar-refractivity contribution in [3.05, 3.63) is 35.7 Å². The molecule has 1 aromatic carbocycles. The van der Waals surface area contributed by atoms with Gasteiger partial charge in [0.25, 0.3) is 0 Å². The molecule has 2 aromatic rings. The van der Waals surface area contributed by atoms with Crippen molar-refractivity contribution in [2.75, 3.05) is 0 Å². The maximum atomic E-state index is 4.32. The lowest BCUT2D eigenvalue weighted by Gasteiger charge is -2.06. The van der Waals surface area contributed by atoms with E-state index in [2.05, 4.69) is 39.1 Å². The molecule has 0 spiro atoms. The van der Waals surface area contributed by atoms with E-state index >= 15 is 0 Å². The van der Waals surface area contributed by atoms with Gasteiger partial charge in [-0.1, -0.05) is 24.3 Å². The van der Waals surface area contributed by atoms with E-state index in [1.165, 1.54) is 18.4 Å². The van der Waals surface area contributed by atoms with Crippen LogP contribution in [0.5, 0.6) is 0 Å². The fraction of sp³-hybridized carbons (Fsp3) is 0.429. The highest BCUT2D eigenvalue weighted by molar-refractivity contribution is 5.59. The molecule has 0 saturated heterocycles. The summed E-state index contributed by atoms with van der Waals surface area (Å²) in [5.41, 5.74) is 2.39. The summed E-state index contributed by atoms with van der Waals surface area (Å²) in [5.74, 6) is 1.95. The second-order valence-electron chi connectivity index (χ2n) is 4.97. The molecule has 0 bridgehead atoms. The average molecular weight is 242 g/mol. The van der Waals surface area contributed by atoms with Crippen molar-refractivity contribution in [2.45, 2.75) is 32.4 Å². The smallest absolute Gasteiger partial charge is 0.163 e. The van der Waals surface area contributed by atoms with Crippen molar-refractivity contribution in [3.8, 4) is 11.4 Å². The number of aryl methyl sites for hydroxylation is 1. The van der Waals surface area contributed by atoms with Crippen molar-refractivity contribution in [2.24, 2.45) is 7.05 Å². The zero-order chi connectivity index (χ0) is 12.5. The molecule has 1 aliphatic carbocycles. The number of nitrogens with one attached hydrogen (secondary N) is 1. The molecule has 0 amide bonds. The van der Waals surface area contributed by atoms with Gasteiger partial charge in [-0.3, -0.25) is 0 Å². The first-order valence-corrected chi connectivity index (χ1v) is 6.43. The summed E-state index contributed by atoms with van der Waals surface area (Å²) in [6.07, 6.45) is 2.59. The fourth-order valence-electron chi connectivity index (χ4n) is 2.10. The second-order valence-corrected chi connectivity index (χ2v) is 4.97. The molecule has 94 valence electrons. The van der Waals surface area contributed by atoms with Crippen LogP contribution in [0.25, 0.3) is 11.4 Å². The van der Waals surface area contributed by atoms with Crippen LogP contribution in [0.3, 0.4) is 0 Å². The third-order valence-corrected chi connectivity index (χ3v) is 3.48. The van der Waals surface area contributed by atoms with Gasteiger partial charge in [0.2, 0.25) is 0 Å². The molecule has 0 atom stereocenters. The minimum Gasteiger partial charge on any atom is -0.313 e. The highest BCUT2D eigenvalue weighted by Crippen LogP contribution is 2.22. The Morgan fingerprint density at radius 3 is 2.78 bits per heavy atom. The molecule has 0 radical (unpaired) electrons. The monoisotopic (exact) mass is 242 g/mol. The molecule has 1 heterocycles. The number of rotatable bonds is 4. The van der Waals surface area contributed by atoms with Crippen LogP contribution in [-0.4, -0.2) is 20.8 Å². The van der Waals surface area contributed by atoms with Crippen LogP contribution < -0.4 is 5.32 Å². The lowest BCUT2D eigenvalue weighted by atomic mass is 10.1. The van der Waals surface area contributed by atoms with Gasteiger partial charge < -0.3 is 9.88 Å². The van der Waals surface area contributed by atoms with E-state index in [1.807, 2.05) is 19.2 Å². The van der Waals surface area contributed by atoms with Crippen LogP contribution in [0.4, 0.5) is 0 Å². The van der Waals surface area contributed by atoms with Gasteiger partial charge in [-0.25, -0.2) is 0 Å². The molecule has 0 unspecified atom stereocenters. The zero-order valence-corrected chi connectivity index (χ0v) is 10.8. The quantitative estimate of drug-likeness (QED) is 0.892. The van der Waals surface area contributed by atoms with E-state index in [4.69, 9.17) is 0 Å². The Kier molecular flexibility index (Phi) is 2.88. The van der Waals surface area contributed by atoms with Gasteiger partial charge in [0.05, 0.1) is 6.54 Å². The van der Waals surface area contributed by atoms with Crippen LogP contribution in [0.2, 0.25) is 0 Å². The van der Waals surface area contributed by atoms with E-state index in [0.29, 0.717) is 6.04 Å². The fourth-order valence-corrected chi connectivity index (χ4v) is 2.10. The molecule has 1 aromatic heterocycles. The van der Waals surface area contributed by atoms with Crippen molar-refractivity contribution in [1.82, 2.24) is 20.1 Å². The van der Waals surface area contributed by atoms with Gasteiger partial charge >= 0.3 is 0 Å². The Balaban J connectivity index is 1.86. The minimum absolute atomic E-state index is 0.698. The molecule has 1 aliphatic rings. The van der Waals surface area contributed by atoms with Crippen LogP contribution in [0.15, 0.2) is 24.3 Å². The van der Waals surface area contributed by atoms with E-state index in [1.54, 1.807) is 0 Å². The molecule has 18 heavy (non-hydrogen) atoms. The van der Waals surface area contributed by atoms with Crippen LogP contribution in [-0.2, 0) is 13.6 Å². The van der Waals surface area contributed by atoms with Crippen molar-refractivity contribution in [1.29, 1.82) is 0 Å². The van der Waals surface area contributed by atoms with E-state index in [9.17, 15) is 0 Å². The van der Waals surface area contributed by atoms with Gasteiger partial charge in [0.15, 0.2) is 5.82 Å². The Bertz CT molecular complexity index is 555. The summed E-state index contributed by atoms with van der Waals surface area (Å²) in [6, 6.07) is 8.98. The summed E-state index contributed by atoms with van der Waals surface area (Å²) in [4.78, 5) is 0. The molecule has 1 fully saturated rings. The normalized spacial score (nSPS) is 15.0. The third-order valence-electron chi connectivity index (χ3n) is 3.48. The summed E-state index contributed by atoms with van der Waals surface area (Å²) >= 11 is 0. The van der Waals surface area contributed by atoms with Gasteiger partial charge in [-0.2, -0.15) is 0 Å². The molecule has 1 N–H and O–H groups in total. The number of hydrogen-bond acceptors (Lipinski definition) is 3. The van der Waals surface area contributed by atoms with Crippen LogP contribution in [0.1, 0.15) is 24.2 Å². The topological polar surface area (TPSA) is 42.7 Å². The minimum atomic E-state index is 0.698. The summed E-state index contributed by atoms with van der Waals surface area (Å²) in [6.45, 7) is 2.91. The Morgan fingerprint density at radius 1 is 1.28 bits per heavy atom. The van der Waals surface area contributed by atoms with Gasteiger partial charge in [0.1, 0.15) is 5.82 Å². The van der Waals surface area contributed by atoms with Crippen molar-refractivity contribution < 1.29 is 0 Å². The first kappa shape index (κ1) is 11.4. The standard InChI is InChI=1S/C14H18N4/c1-10-5-3-4-6-12(10)14-17-16-13(18(14)2)9-15-11-7-8-11/h3-6,11,15H,7-9H2,1-2H3. The highest BCUT2D eigenvalue weighted by Gasteiger charge is 2.21. The first-order valence-electron chi connectivity index (χ1n) is 6.43. The second kappa shape index (κ2) is 4.53. The van der Waals surface area contributed by atoms with Crippen molar-refractivity contribution in [3.63, 3.8) is 0 Å². The summed E-state index contributed by atoms with van der Waals surface area (Å²) in [5, 5.41) is 12.1. The summed E-state index contributed by atoms with van der Waals surface area (Å²) < 4.78 is 2.08. The van der Waals surface area contributed by atoms with E-state index < -0.39 is 0 Å². The summed E-state index contributed by atoms with van der Waals surface area (Å²) in [7, 11) is 2.03. The van der Waals surface area contributed by atoms with E-state index in [-0.39, 0.29) is 0 Å². The largest absolute Gasteiger partial charge is 0.313 e. The Hall–Kier alpha value is -1.68. The van der Waals surface area contributed by atoms with E-state index in [0.717, 1.165) is 23.8 Å². The first-order chi connectivity index (χ1) is 8.75. The molecule has 4 heteroatoms. The maximum Gasteiger partial charge on any atom is 0.163 e. The maximum absolute atomic E-state index is 4.32. The lowest BCUT2D eigenvalue weighted by Crippen LogP contribution is -2.18. The zero-order valence-electron chi connectivity index (χ0n) is 10.8. The molecule has 1 saturated carbocycles. The van der Waals surface area contributed by atoms with Gasteiger partial charge in [0, 0.05) is 18.7 Å².